The third-order valence-electron chi connectivity index (χ3n) is 5.79. The summed E-state index contributed by atoms with van der Waals surface area (Å²) in [6.45, 7) is 4.32. The van der Waals surface area contributed by atoms with Crippen LogP contribution in [0.3, 0.4) is 0 Å². The smallest absolute Gasteiger partial charge is 0.261 e. The number of rotatable bonds is 5. The Morgan fingerprint density at radius 1 is 1.31 bits per heavy atom. The Morgan fingerprint density at radius 2 is 2.12 bits per heavy atom. The molecule has 10 heteroatoms. The van der Waals surface area contributed by atoms with Crippen LogP contribution in [-0.4, -0.2) is 70.4 Å². The number of amides is 1. The molecule has 2 aliphatic rings. The van der Waals surface area contributed by atoms with E-state index in [-0.39, 0.29) is 12.5 Å². The molecule has 0 radical (unpaired) electrons. The number of anilines is 2. The predicted molar refractivity (Wildman–Crippen MR) is 116 cm³/mol. The van der Waals surface area contributed by atoms with E-state index in [1.165, 1.54) is 23.1 Å². The van der Waals surface area contributed by atoms with Gasteiger partial charge in [0, 0.05) is 43.5 Å². The van der Waals surface area contributed by atoms with Gasteiger partial charge in [0.1, 0.15) is 16.9 Å². The van der Waals surface area contributed by atoms with Gasteiger partial charge in [0.2, 0.25) is 0 Å². The van der Waals surface area contributed by atoms with Crippen LogP contribution in [0.5, 0.6) is 5.75 Å². The summed E-state index contributed by atoms with van der Waals surface area (Å²) in [5, 5.41) is 16.9. The van der Waals surface area contributed by atoms with E-state index in [0.29, 0.717) is 67.2 Å². The minimum Gasteiger partial charge on any atom is -0.484 e. The monoisotopic (exact) mass is 437 g/mol. The van der Waals surface area contributed by atoms with Crippen molar-refractivity contribution < 1.29 is 24.2 Å². The van der Waals surface area contributed by atoms with Gasteiger partial charge in [-0.2, -0.15) is 5.10 Å². The van der Waals surface area contributed by atoms with Crippen molar-refractivity contribution >= 4 is 29.2 Å². The van der Waals surface area contributed by atoms with Crippen LogP contribution in [0, 0.1) is 0 Å². The maximum Gasteiger partial charge on any atom is 0.261 e. The summed E-state index contributed by atoms with van der Waals surface area (Å²) in [6, 6.07) is 3.82. The lowest BCUT2D eigenvalue weighted by atomic mass is 9.99. The minimum absolute atomic E-state index is 0.104. The van der Waals surface area contributed by atoms with Crippen LogP contribution in [0.1, 0.15) is 33.2 Å². The number of aromatic nitrogens is 3. The van der Waals surface area contributed by atoms with Crippen molar-refractivity contribution in [3.63, 3.8) is 0 Å². The summed E-state index contributed by atoms with van der Waals surface area (Å²) in [5.41, 5.74) is 2.73. The SMILES string of the molecule is CC1(CO)Cc2cc(NC(=O)c3cnn4cc(C=O)cnc34)c(N3CCOCC3)cc2O1. The highest BCUT2D eigenvalue weighted by atomic mass is 16.5. The molecule has 0 bridgehead atoms. The molecule has 2 aromatic heterocycles. The van der Waals surface area contributed by atoms with Crippen molar-refractivity contribution in [1.82, 2.24) is 14.6 Å². The highest BCUT2D eigenvalue weighted by molar-refractivity contribution is 6.09. The molecule has 1 saturated heterocycles. The maximum absolute atomic E-state index is 13.2. The quantitative estimate of drug-likeness (QED) is 0.574. The van der Waals surface area contributed by atoms with E-state index in [9.17, 15) is 14.7 Å². The molecule has 5 rings (SSSR count). The Bertz CT molecular complexity index is 1200. The normalized spacial score (nSPS) is 20.1. The second-order valence-electron chi connectivity index (χ2n) is 8.25. The number of carbonyl (C=O) groups is 2. The number of hydrogen-bond acceptors (Lipinski definition) is 8. The van der Waals surface area contributed by atoms with Crippen molar-refractivity contribution in [2.75, 3.05) is 43.1 Å². The molecule has 166 valence electrons. The zero-order valence-electron chi connectivity index (χ0n) is 17.6. The second-order valence-corrected chi connectivity index (χ2v) is 8.25. The van der Waals surface area contributed by atoms with Crippen LogP contribution in [0.4, 0.5) is 11.4 Å². The molecule has 3 aromatic rings. The van der Waals surface area contributed by atoms with E-state index in [1.807, 2.05) is 19.1 Å². The molecule has 32 heavy (non-hydrogen) atoms. The Kier molecular flexibility index (Phi) is 5.03. The molecule has 0 aliphatic carbocycles. The number of nitrogens with zero attached hydrogens (tertiary/aromatic N) is 4. The van der Waals surface area contributed by atoms with Crippen molar-refractivity contribution in [3.8, 4) is 5.75 Å². The Labute approximate surface area is 183 Å². The molecule has 0 spiro atoms. The van der Waals surface area contributed by atoms with E-state index in [2.05, 4.69) is 20.3 Å². The number of aliphatic hydroxyl groups excluding tert-OH is 1. The first kappa shape index (κ1) is 20.4. The molecule has 0 saturated carbocycles. The summed E-state index contributed by atoms with van der Waals surface area (Å²) in [4.78, 5) is 30.5. The Morgan fingerprint density at radius 3 is 2.88 bits per heavy atom. The van der Waals surface area contributed by atoms with Crippen LogP contribution >= 0.6 is 0 Å². The van der Waals surface area contributed by atoms with Gasteiger partial charge in [0.05, 0.1) is 43.0 Å². The fourth-order valence-electron chi connectivity index (χ4n) is 4.11. The number of morpholine rings is 1. The topological polar surface area (TPSA) is 118 Å². The Balaban J connectivity index is 1.50. The lowest BCUT2D eigenvalue weighted by Crippen LogP contribution is -2.36. The second kappa shape index (κ2) is 7.88. The summed E-state index contributed by atoms with van der Waals surface area (Å²) in [6.07, 6.45) is 5.57. The molecule has 1 unspecified atom stereocenters. The molecule has 1 aromatic carbocycles. The third kappa shape index (κ3) is 3.57. The minimum atomic E-state index is -0.685. The molecule has 1 amide bonds. The van der Waals surface area contributed by atoms with E-state index < -0.39 is 5.60 Å². The molecule has 1 atom stereocenters. The fourth-order valence-corrected chi connectivity index (χ4v) is 4.11. The van der Waals surface area contributed by atoms with Gasteiger partial charge in [-0.3, -0.25) is 9.59 Å². The van der Waals surface area contributed by atoms with Gasteiger partial charge < -0.3 is 24.8 Å². The van der Waals surface area contributed by atoms with Gasteiger partial charge in [0.25, 0.3) is 5.91 Å². The molecule has 4 heterocycles. The van der Waals surface area contributed by atoms with Crippen molar-refractivity contribution in [2.45, 2.75) is 18.9 Å². The average Bonchev–Trinajstić information content (AvgIpc) is 3.39. The van der Waals surface area contributed by atoms with Crippen molar-refractivity contribution in [2.24, 2.45) is 0 Å². The zero-order chi connectivity index (χ0) is 22.3. The molecular formula is C22H23N5O5. The van der Waals surface area contributed by atoms with Gasteiger partial charge >= 0.3 is 0 Å². The van der Waals surface area contributed by atoms with Gasteiger partial charge in [-0.15, -0.1) is 0 Å². The van der Waals surface area contributed by atoms with E-state index in [4.69, 9.17) is 9.47 Å². The third-order valence-corrected chi connectivity index (χ3v) is 5.79. The standard InChI is InChI=1S/C22H23N5O5/c1-22(13-29)8-15-6-17(18(7-19(15)32-22)26-2-4-31-5-3-26)25-21(30)16-10-24-27-11-14(12-28)9-23-20(16)27/h6-7,9-12,29H,2-5,8,13H2,1H3,(H,25,30). The molecule has 1 fully saturated rings. The number of aliphatic hydroxyl groups is 1. The van der Waals surface area contributed by atoms with Crippen molar-refractivity contribution in [1.29, 1.82) is 0 Å². The van der Waals surface area contributed by atoms with Crippen LogP contribution in [0.15, 0.2) is 30.7 Å². The first-order valence-corrected chi connectivity index (χ1v) is 10.4. The summed E-state index contributed by atoms with van der Waals surface area (Å²) in [5.74, 6) is 0.352. The lowest BCUT2D eigenvalue weighted by molar-refractivity contribution is 0.0446. The summed E-state index contributed by atoms with van der Waals surface area (Å²) in [7, 11) is 0. The van der Waals surface area contributed by atoms with Crippen LogP contribution in [0.2, 0.25) is 0 Å². The first-order chi connectivity index (χ1) is 15.5. The highest BCUT2D eigenvalue weighted by Crippen LogP contribution is 2.42. The summed E-state index contributed by atoms with van der Waals surface area (Å²) >= 11 is 0. The van der Waals surface area contributed by atoms with Crippen LogP contribution in [-0.2, 0) is 11.2 Å². The number of hydrogen-bond donors (Lipinski definition) is 2. The number of aldehydes is 1. The van der Waals surface area contributed by atoms with Crippen molar-refractivity contribution in [3.05, 3.63) is 47.4 Å². The molecule has 2 N–H and O–H groups in total. The van der Waals surface area contributed by atoms with E-state index in [1.54, 1.807) is 0 Å². The molecule has 10 nitrogen and oxygen atoms in total. The van der Waals surface area contributed by atoms with Gasteiger partial charge in [-0.25, -0.2) is 9.50 Å². The average molecular weight is 437 g/mol. The largest absolute Gasteiger partial charge is 0.484 e. The summed E-state index contributed by atoms with van der Waals surface area (Å²) < 4.78 is 12.9. The number of ether oxygens (including phenoxy) is 2. The number of carbonyl (C=O) groups excluding carboxylic acids is 2. The van der Waals surface area contributed by atoms with Gasteiger partial charge in [0.15, 0.2) is 11.9 Å². The van der Waals surface area contributed by atoms with Crippen LogP contribution in [0.25, 0.3) is 5.65 Å². The number of benzene rings is 1. The predicted octanol–water partition coefficient (Wildman–Crippen LogP) is 1.32. The fraction of sp³-hybridized carbons (Fsp3) is 0.364. The molecular weight excluding hydrogens is 414 g/mol. The number of nitrogens with one attached hydrogen (secondary N) is 1. The maximum atomic E-state index is 13.2. The first-order valence-electron chi connectivity index (χ1n) is 10.4. The lowest BCUT2D eigenvalue weighted by Gasteiger charge is -2.31. The van der Waals surface area contributed by atoms with Gasteiger partial charge in [-0.05, 0) is 13.0 Å². The van der Waals surface area contributed by atoms with Gasteiger partial charge in [-0.1, -0.05) is 0 Å². The van der Waals surface area contributed by atoms with Crippen LogP contribution < -0.4 is 15.0 Å². The Hall–Kier alpha value is -3.50. The number of fused-ring (bicyclic) bond motifs is 2. The zero-order valence-corrected chi connectivity index (χ0v) is 17.6. The van der Waals surface area contributed by atoms with E-state index >= 15 is 0 Å². The molecule has 2 aliphatic heterocycles. The highest BCUT2D eigenvalue weighted by Gasteiger charge is 2.35. The van der Waals surface area contributed by atoms with E-state index in [0.717, 1.165) is 11.3 Å².